The van der Waals surface area contributed by atoms with Crippen molar-refractivity contribution in [3.63, 3.8) is 0 Å². The Bertz CT molecular complexity index is 419. The van der Waals surface area contributed by atoms with E-state index in [0.717, 1.165) is 30.8 Å². The lowest BCUT2D eigenvalue weighted by Crippen LogP contribution is -2.31. The number of unbranched alkanes of at least 4 members (excludes halogenated alkanes) is 1. The number of carbonyl (C=O) groups is 1. The highest BCUT2D eigenvalue weighted by atomic mass is 32.3. The minimum atomic E-state index is -3.49. The molecule has 0 bridgehead atoms. The van der Waals surface area contributed by atoms with Crippen LogP contribution in [0.5, 0.6) is 0 Å². The second kappa shape index (κ2) is 7.80. The Labute approximate surface area is 125 Å². The van der Waals surface area contributed by atoms with Crippen LogP contribution < -0.4 is 0 Å². The van der Waals surface area contributed by atoms with Gasteiger partial charge in [0.05, 0.1) is 11.5 Å². The molecule has 1 fully saturated rings. The van der Waals surface area contributed by atoms with E-state index in [1.54, 1.807) is 0 Å². The molecule has 0 aliphatic carbocycles. The molecule has 0 aromatic carbocycles. The average Bonchev–Trinajstić information content (AvgIpc) is 2.35. The van der Waals surface area contributed by atoms with Crippen molar-refractivity contribution in [3.8, 4) is 0 Å². The van der Waals surface area contributed by atoms with Gasteiger partial charge in [0.2, 0.25) is 0 Å². The first-order valence-corrected chi connectivity index (χ1v) is 11.2. The normalized spacial score (nSPS) is 30.6. The fourth-order valence-electron chi connectivity index (χ4n) is 2.57. The molecular formula is C14H28O4S2. The number of ketones is 1. The Kier molecular flexibility index (Phi) is 7.01. The molecule has 0 saturated carbocycles. The number of carbonyl (C=O) groups excluding carboxylic acids is 1. The fraction of sp³-hybridized carbons (Fsp3) is 0.929. The van der Waals surface area contributed by atoms with Gasteiger partial charge in [0.1, 0.15) is 5.78 Å². The zero-order chi connectivity index (χ0) is 15.2. The standard InChI is InChI=1S/C14H28O4S2/c1-4-6-10-20(16,17)18-19(12-14(15)5-2)9-7-8-13(3)11-19/h13H,4-12H2,1-3H3. The van der Waals surface area contributed by atoms with Crippen LogP contribution in [-0.2, 0) is 18.5 Å². The lowest BCUT2D eigenvalue weighted by molar-refractivity contribution is -0.116. The van der Waals surface area contributed by atoms with Crippen molar-refractivity contribution in [1.82, 2.24) is 0 Å². The second-order valence-corrected chi connectivity index (χ2v) is 10.8. The van der Waals surface area contributed by atoms with Crippen LogP contribution in [0.1, 0.15) is 52.9 Å². The van der Waals surface area contributed by atoms with E-state index in [-0.39, 0.29) is 11.5 Å². The van der Waals surface area contributed by atoms with Crippen LogP contribution in [0.2, 0.25) is 0 Å². The monoisotopic (exact) mass is 324 g/mol. The Morgan fingerprint density at radius 2 is 2.05 bits per heavy atom. The quantitative estimate of drug-likeness (QED) is 0.687. The summed E-state index contributed by atoms with van der Waals surface area (Å²) < 4.78 is 29.9. The summed E-state index contributed by atoms with van der Waals surface area (Å²) in [4.78, 5) is 11.8. The molecule has 0 spiro atoms. The summed E-state index contributed by atoms with van der Waals surface area (Å²) in [6, 6.07) is 0. The lowest BCUT2D eigenvalue weighted by Gasteiger charge is -2.43. The van der Waals surface area contributed by atoms with Gasteiger partial charge in [0, 0.05) is 17.9 Å². The predicted octanol–water partition coefficient (Wildman–Crippen LogP) is 3.26. The van der Waals surface area contributed by atoms with E-state index in [4.69, 9.17) is 3.63 Å². The highest BCUT2D eigenvalue weighted by Gasteiger charge is 2.36. The summed E-state index contributed by atoms with van der Waals surface area (Å²) >= 11 is 0. The molecule has 6 heteroatoms. The lowest BCUT2D eigenvalue weighted by atomic mass is 10.1. The fourth-order valence-corrected chi connectivity index (χ4v) is 9.04. The summed E-state index contributed by atoms with van der Waals surface area (Å²) in [6.07, 6.45) is 3.98. The van der Waals surface area contributed by atoms with Crippen molar-refractivity contribution < 1.29 is 16.8 Å². The van der Waals surface area contributed by atoms with Crippen LogP contribution >= 0.6 is 10.3 Å². The first-order chi connectivity index (χ1) is 9.32. The summed E-state index contributed by atoms with van der Waals surface area (Å²) in [5, 5.41) is 0. The molecule has 4 nitrogen and oxygen atoms in total. The van der Waals surface area contributed by atoms with Gasteiger partial charge in [-0.25, -0.2) is 3.63 Å². The van der Waals surface area contributed by atoms with E-state index in [1.165, 1.54) is 0 Å². The van der Waals surface area contributed by atoms with Crippen molar-refractivity contribution in [1.29, 1.82) is 0 Å². The van der Waals surface area contributed by atoms with E-state index in [9.17, 15) is 13.2 Å². The van der Waals surface area contributed by atoms with Crippen LogP contribution in [0.3, 0.4) is 0 Å². The molecule has 2 unspecified atom stereocenters. The number of rotatable bonds is 8. The van der Waals surface area contributed by atoms with E-state index >= 15 is 0 Å². The Balaban J connectivity index is 2.84. The smallest absolute Gasteiger partial charge is 0.276 e. The first kappa shape index (κ1) is 18.0. The van der Waals surface area contributed by atoms with E-state index < -0.39 is 20.4 Å². The zero-order valence-corrected chi connectivity index (χ0v) is 14.5. The van der Waals surface area contributed by atoms with Gasteiger partial charge in [-0.1, -0.05) is 27.2 Å². The van der Waals surface area contributed by atoms with Gasteiger partial charge in [-0.3, -0.25) is 4.79 Å². The molecule has 1 aliphatic heterocycles. The molecule has 1 aliphatic rings. The summed E-state index contributed by atoms with van der Waals surface area (Å²) in [5.74, 6) is 2.48. The maximum absolute atomic E-state index is 12.1. The van der Waals surface area contributed by atoms with Gasteiger partial charge in [-0.15, -0.1) is 10.3 Å². The maximum Gasteiger partial charge on any atom is 0.276 e. The number of Topliss-reactive ketones (excluding diaryl/α,β-unsaturated/α-hetero) is 1. The molecular weight excluding hydrogens is 296 g/mol. The Hall–Kier alpha value is -0.0700. The van der Waals surface area contributed by atoms with Crippen molar-refractivity contribution >= 4 is 26.2 Å². The number of hydrogen-bond acceptors (Lipinski definition) is 4. The summed E-state index contributed by atoms with van der Waals surface area (Å²) in [6.45, 7) is 5.91. The van der Waals surface area contributed by atoms with Gasteiger partial charge >= 0.3 is 0 Å². The van der Waals surface area contributed by atoms with Crippen molar-refractivity contribution in [2.24, 2.45) is 5.92 Å². The molecule has 0 aromatic heterocycles. The SMILES string of the molecule is CCCCS(=O)(=O)OS1(CC(=O)CC)CCCC(C)C1. The van der Waals surface area contributed by atoms with Gasteiger partial charge in [-0.05, 0) is 25.2 Å². The summed E-state index contributed by atoms with van der Waals surface area (Å²) in [5.41, 5.74) is 0. The minimum absolute atomic E-state index is 0.0763. The highest BCUT2D eigenvalue weighted by Crippen LogP contribution is 2.56. The van der Waals surface area contributed by atoms with Crippen molar-refractivity contribution in [2.75, 3.05) is 23.0 Å². The van der Waals surface area contributed by atoms with E-state index in [0.29, 0.717) is 24.5 Å². The van der Waals surface area contributed by atoms with Crippen molar-refractivity contribution in [3.05, 3.63) is 0 Å². The topological polar surface area (TPSA) is 60.4 Å². The van der Waals surface area contributed by atoms with Gasteiger partial charge in [-0.2, -0.15) is 8.42 Å². The van der Waals surface area contributed by atoms with Gasteiger partial charge in [0.15, 0.2) is 0 Å². The third kappa shape index (κ3) is 5.74. The second-order valence-electron chi connectivity index (χ2n) is 5.80. The van der Waals surface area contributed by atoms with Crippen LogP contribution in [0.25, 0.3) is 0 Å². The molecule has 2 atom stereocenters. The summed E-state index contributed by atoms with van der Waals surface area (Å²) in [7, 11) is -5.28. The third-order valence-electron chi connectivity index (χ3n) is 3.62. The molecule has 1 rings (SSSR count). The Morgan fingerprint density at radius 3 is 2.60 bits per heavy atom. The molecule has 20 heavy (non-hydrogen) atoms. The predicted molar refractivity (Wildman–Crippen MR) is 85.7 cm³/mol. The van der Waals surface area contributed by atoms with Crippen LogP contribution in [-0.4, -0.2) is 37.2 Å². The van der Waals surface area contributed by atoms with Crippen molar-refractivity contribution in [2.45, 2.75) is 52.9 Å². The average molecular weight is 325 g/mol. The molecule has 1 heterocycles. The van der Waals surface area contributed by atoms with E-state index in [2.05, 4.69) is 6.92 Å². The zero-order valence-electron chi connectivity index (χ0n) is 12.9. The molecule has 0 amide bonds. The largest absolute Gasteiger partial charge is 0.299 e. The van der Waals surface area contributed by atoms with Crippen LogP contribution in [0, 0.1) is 5.92 Å². The first-order valence-electron chi connectivity index (χ1n) is 7.54. The minimum Gasteiger partial charge on any atom is -0.299 e. The molecule has 0 aromatic rings. The van der Waals surface area contributed by atoms with Crippen LogP contribution in [0.4, 0.5) is 0 Å². The Morgan fingerprint density at radius 1 is 1.35 bits per heavy atom. The molecule has 120 valence electrons. The van der Waals surface area contributed by atoms with E-state index in [1.807, 2.05) is 13.8 Å². The maximum atomic E-state index is 12.1. The van der Waals surface area contributed by atoms with Crippen LogP contribution in [0.15, 0.2) is 0 Å². The highest BCUT2D eigenvalue weighted by molar-refractivity contribution is 8.33. The third-order valence-corrected chi connectivity index (χ3v) is 9.45. The van der Waals surface area contributed by atoms with Gasteiger partial charge < -0.3 is 0 Å². The molecule has 0 N–H and O–H groups in total. The number of hydrogen-bond donors (Lipinski definition) is 0. The van der Waals surface area contributed by atoms with Gasteiger partial charge in [0.25, 0.3) is 10.1 Å². The molecule has 1 saturated heterocycles. The molecule has 0 radical (unpaired) electrons.